The van der Waals surface area contributed by atoms with Crippen LogP contribution in [0.3, 0.4) is 0 Å². The Kier molecular flexibility index (Phi) is 7.57. The van der Waals surface area contributed by atoms with Crippen LogP contribution in [0.15, 0.2) is 0 Å². The standard InChI is InChI=1S/C9H18N2O4/c10-7(9(14)15)3-1-2-5-11-6-4-8(12)13/h7,11H,1-6,10H2,(H,12,13)(H,14,15)/t7-/m0/s1. The van der Waals surface area contributed by atoms with Crippen molar-refractivity contribution in [2.45, 2.75) is 31.7 Å². The lowest BCUT2D eigenvalue weighted by Gasteiger charge is -2.06. The average Bonchev–Trinajstić information content (AvgIpc) is 2.15. The van der Waals surface area contributed by atoms with Gasteiger partial charge in [0.15, 0.2) is 0 Å². The van der Waals surface area contributed by atoms with E-state index in [2.05, 4.69) is 5.32 Å². The quantitative estimate of drug-likeness (QED) is 0.393. The minimum atomic E-state index is -0.978. The van der Waals surface area contributed by atoms with Gasteiger partial charge in [0.05, 0.1) is 6.42 Å². The summed E-state index contributed by atoms with van der Waals surface area (Å²) in [6.07, 6.45) is 2.10. The summed E-state index contributed by atoms with van der Waals surface area (Å²) in [6.45, 7) is 1.14. The lowest BCUT2D eigenvalue weighted by atomic mass is 10.1. The van der Waals surface area contributed by atoms with Crippen molar-refractivity contribution in [3.8, 4) is 0 Å². The average molecular weight is 218 g/mol. The van der Waals surface area contributed by atoms with Crippen LogP contribution in [0.4, 0.5) is 0 Å². The third kappa shape index (κ3) is 9.17. The van der Waals surface area contributed by atoms with E-state index in [9.17, 15) is 9.59 Å². The molecule has 0 spiro atoms. The molecule has 0 saturated heterocycles. The fraction of sp³-hybridized carbons (Fsp3) is 0.778. The van der Waals surface area contributed by atoms with E-state index in [1.54, 1.807) is 0 Å². The first kappa shape index (κ1) is 13.9. The molecule has 5 N–H and O–H groups in total. The zero-order valence-corrected chi connectivity index (χ0v) is 8.61. The second-order valence-electron chi connectivity index (χ2n) is 3.33. The van der Waals surface area contributed by atoms with E-state index in [0.29, 0.717) is 19.5 Å². The van der Waals surface area contributed by atoms with E-state index < -0.39 is 18.0 Å². The van der Waals surface area contributed by atoms with Gasteiger partial charge in [-0.3, -0.25) is 9.59 Å². The number of unbranched alkanes of at least 4 members (excludes halogenated alkanes) is 1. The Morgan fingerprint density at radius 1 is 1.20 bits per heavy atom. The third-order valence-corrected chi connectivity index (χ3v) is 1.95. The van der Waals surface area contributed by atoms with Crippen molar-refractivity contribution >= 4 is 11.9 Å². The SMILES string of the molecule is N[C@@H](CCCCNCCC(=O)O)C(=O)O. The first-order valence-electron chi connectivity index (χ1n) is 4.95. The molecule has 0 radical (unpaired) electrons. The summed E-state index contributed by atoms with van der Waals surface area (Å²) >= 11 is 0. The zero-order valence-electron chi connectivity index (χ0n) is 8.61. The van der Waals surface area contributed by atoms with Crippen molar-refractivity contribution in [2.24, 2.45) is 5.73 Å². The fourth-order valence-electron chi connectivity index (χ4n) is 1.06. The smallest absolute Gasteiger partial charge is 0.320 e. The van der Waals surface area contributed by atoms with Gasteiger partial charge in [0.25, 0.3) is 0 Å². The largest absolute Gasteiger partial charge is 0.481 e. The molecule has 0 aliphatic carbocycles. The Morgan fingerprint density at radius 3 is 2.40 bits per heavy atom. The number of carboxylic acid groups (broad SMARTS) is 2. The Bertz CT molecular complexity index is 208. The predicted octanol–water partition coefficient (Wildman–Crippen LogP) is -0.367. The van der Waals surface area contributed by atoms with Gasteiger partial charge in [-0.05, 0) is 19.4 Å². The van der Waals surface area contributed by atoms with Gasteiger partial charge in [0.1, 0.15) is 6.04 Å². The topological polar surface area (TPSA) is 113 Å². The monoisotopic (exact) mass is 218 g/mol. The highest BCUT2D eigenvalue weighted by Crippen LogP contribution is 1.98. The van der Waals surface area contributed by atoms with E-state index in [-0.39, 0.29) is 6.42 Å². The summed E-state index contributed by atoms with van der Waals surface area (Å²) in [6, 6.07) is -0.788. The van der Waals surface area contributed by atoms with Crippen LogP contribution in [-0.2, 0) is 9.59 Å². The van der Waals surface area contributed by atoms with Gasteiger partial charge in [-0.15, -0.1) is 0 Å². The summed E-state index contributed by atoms with van der Waals surface area (Å²) < 4.78 is 0. The number of hydrogen-bond acceptors (Lipinski definition) is 4. The van der Waals surface area contributed by atoms with Crippen molar-refractivity contribution < 1.29 is 19.8 Å². The lowest BCUT2D eigenvalue weighted by Crippen LogP contribution is -2.30. The normalized spacial score (nSPS) is 12.3. The summed E-state index contributed by atoms with van der Waals surface area (Å²) in [5.41, 5.74) is 5.30. The number of rotatable bonds is 9. The van der Waals surface area contributed by atoms with Crippen LogP contribution in [-0.4, -0.2) is 41.3 Å². The summed E-state index contributed by atoms with van der Waals surface area (Å²) in [4.78, 5) is 20.5. The van der Waals surface area contributed by atoms with Crippen LogP contribution in [0.2, 0.25) is 0 Å². The minimum absolute atomic E-state index is 0.106. The highest BCUT2D eigenvalue weighted by Gasteiger charge is 2.09. The zero-order chi connectivity index (χ0) is 11.7. The number of nitrogens with one attached hydrogen (secondary N) is 1. The molecule has 0 bridgehead atoms. The number of carboxylic acids is 2. The third-order valence-electron chi connectivity index (χ3n) is 1.95. The van der Waals surface area contributed by atoms with E-state index in [0.717, 1.165) is 12.8 Å². The Balaban J connectivity index is 3.18. The molecule has 0 fully saturated rings. The highest BCUT2D eigenvalue weighted by molar-refractivity contribution is 5.72. The van der Waals surface area contributed by atoms with E-state index >= 15 is 0 Å². The molecule has 0 aromatic rings. The number of nitrogens with two attached hydrogens (primary N) is 1. The summed E-state index contributed by atoms with van der Waals surface area (Å²) in [5.74, 6) is -1.80. The van der Waals surface area contributed by atoms with Crippen LogP contribution in [0, 0.1) is 0 Å². The molecule has 0 amide bonds. The first-order valence-corrected chi connectivity index (χ1v) is 4.95. The van der Waals surface area contributed by atoms with Gasteiger partial charge in [0.2, 0.25) is 0 Å². The highest BCUT2D eigenvalue weighted by atomic mass is 16.4. The van der Waals surface area contributed by atoms with Crippen LogP contribution in [0.25, 0.3) is 0 Å². The predicted molar refractivity (Wildman–Crippen MR) is 54.6 cm³/mol. The van der Waals surface area contributed by atoms with Crippen molar-refractivity contribution in [1.82, 2.24) is 5.32 Å². The van der Waals surface area contributed by atoms with Crippen LogP contribution >= 0.6 is 0 Å². The number of hydrogen-bond donors (Lipinski definition) is 4. The van der Waals surface area contributed by atoms with Crippen LogP contribution in [0.5, 0.6) is 0 Å². The molecule has 0 aromatic carbocycles. The summed E-state index contributed by atoms with van der Waals surface area (Å²) in [5, 5.41) is 19.8. The van der Waals surface area contributed by atoms with E-state index in [4.69, 9.17) is 15.9 Å². The van der Waals surface area contributed by atoms with Gasteiger partial charge in [-0.1, -0.05) is 6.42 Å². The summed E-state index contributed by atoms with van der Waals surface area (Å²) in [7, 11) is 0. The van der Waals surface area contributed by atoms with Crippen molar-refractivity contribution in [3.05, 3.63) is 0 Å². The van der Waals surface area contributed by atoms with Gasteiger partial charge in [-0.2, -0.15) is 0 Å². The minimum Gasteiger partial charge on any atom is -0.481 e. The molecule has 0 heterocycles. The van der Waals surface area contributed by atoms with Crippen molar-refractivity contribution in [3.63, 3.8) is 0 Å². The molecule has 0 unspecified atom stereocenters. The molecule has 0 aliphatic rings. The van der Waals surface area contributed by atoms with Crippen LogP contribution < -0.4 is 11.1 Å². The van der Waals surface area contributed by atoms with Crippen molar-refractivity contribution in [2.75, 3.05) is 13.1 Å². The molecular formula is C9H18N2O4. The molecule has 0 rings (SSSR count). The van der Waals surface area contributed by atoms with Crippen molar-refractivity contribution in [1.29, 1.82) is 0 Å². The van der Waals surface area contributed by atoms with Gasteiger partial charge < -0.3 is 21.3 Å². The number of carbonyl (C=O) groups is 2. The fourth-order valence-corrected chi connectivity index (χ4v) is 1.06. The lowest BCUT2D eigenvalue weighted by molar-refractivity contribution is -0.139. The maximum atomic E-state index is 10.3. The van der Waals surface area contributed by atoms with Gasteiger partial charge in [0, 0.05) is 6.54 Å². The first-order chi connectivity index (χ1) is 7.04. The maximum absolute atomic E-state index is 10.3. The van der Waals surface area contributed by atoms with E-state index in [1.165, 1.54) is 0 Å². The molecule has 0 aromatic heterocycles. The molecule has 0 aliphatic heterocycles. The van der Waals surface area contributed by atoms with Gasteiger partial charge >= 0.3 is 11.9 Å². The molecule has 6 heteroatoms. The Hall–Kier alpha value is -1.14. The van der Waals surface area contributed by atoms with Crippen LogP contribution in [0.1, 0.15) is 25.7 Å². The van der Waals surface area contributed by atoms with E-state index in [1.807, 2.05) is 0 Å². The molecular weight excluding hydrogens is 200 g/mol. The molecule has 88 valence electrons. The second kappa shape index (κ2) is 8.19. The van der Waals surface area contributed by atoms with Gasteiger partial charge in [-0.25, -0.2) is 0 Å². The Labute approximate surface area is 88.5 Å². The molecule has 6 nitrogen and oxygen atoms in total. The number of aliphatic carboxylic acids is 2. The Morgan fingerprint density at radius 2 is 1.87 bits per heavy atom. The maximum Gasteiger partial charge on any atom is 0.320 e. The molecule has 0 saturated carbocycles. The second-order valence-corrected chi connectivity index (χ2v) is 3.33. The molecule has 15 heavy (non-hydrogen) atoms. The molecule has 1 atom stereocenters.